The number of hydrogen-bond donors (Lipinski definition) is 1. The van der Waals surface area contributed by atoms with Gasteiger partial charge in [0, 0.05) is 18.0 Å². The normalized spacial score (nSPS) is 11.5. The summed E-state index contributed by atoms with van der Waals surface area (Å²) in [6.07, 6.45) is 3.83. The molecule has 0 unspecified atom stereocenters. The van der Waals surface area contributed by atoms with E-state index in [1.165, 1.54) is 0 Å². The van der Waals surface area contributed by atoms with E-state index in [1.807, 2.05) is 78.5 Å². The van der Waals surface area contributed by atoms with Crippen LogP contribution in [0.4, 0.5) is 0 Å². The van der Waals surface area contributed by atoms with Crippen LogP contribution in [0, 0.1) is 0 Å². The third-order valence-corrected chi connectivity index (χ3v) is 4.54. The third kappa shape index (κ3) is 3.37. The van der Waals surface area contributed by atoms with E-state index in [4.69, 9.17) is 0 Å². The van der Waals surface area contributed by atoms with Gasteiger partial charge in [0.25, 0.3) is 5.91 Å². The van der Waals surface area contributed by atoms with Gasteiger partial charge in [-0.05, 0) is 42.0 Å². The highest BCUT2D eigenvalue weighted by Gasteiger charge is 2.12. The van der Waals surface area contributed by atoms with Gasteiger partial charge >= 0.3 is 0 Å². The number of hydrogen-bond acceptors (Lipinski definition) is 2. The molecule has 0 fully saturated rings. The lowest BCUT2D eigenvalue weighted by Crippen LogP contribution is -2.21. The molecule has 1 N–H and O–H groups in total. The first-order chi connectivity index (χ1) is 13.2. The van der Waals surface area contributed by atoms with E-state index in [-0.39, 0.29) is 5.91 Å². The molecule has 132 valence electrons. The monoisotopic (exact) mass is 353 g/mol. The van der Waals surface area contributed by atoms with Gasteiger partial charge in [-0.3, -0.25) is 4.79 Å². The lowest BCUT2D eigenvalue weighted by atomic mass is 10.0. The maximum absolute atomic E-state index is 12.7. The van der Waals surface area contributed by atoms with E-state index >= 15 is 0 Å². The summed E-state index contributed by atoms with van der Waals surface area (Å²) in [5.41, 5.74) is 5.86. The summed E-state index contributed by atoms with van der Waals surface area (Å²) in [7, 11) is 0. The first-order valence-corrected chi connectivity index (χ1v) is 8.79. The molecule has 4 nitrogen and oxygen atoms in total. The van der Waals surface area contributed by atoms with Gasteiger partial charge in [-0.2, -0.15) is 5.10 Å². The Hall–Kier alpha value is -3.66. The molecule has 0 aliphatic heterocycles. The van der Waals surface area contributed by atoms with Gasteiger partial charge in [-0.25, -0.2) is 5.43 Å². The number of hydrazone groups is 1. The van der Waals surface area contributed by atoms with Crippen molar-refractivity contribution in [1.82, 2.24) is 9.99 Å². The molecule has 0 atom stereocenters. The quantitative estimate of drug-likeness (QED) is 0.416. The van der Waals surface area contributed by atoms with Crippen LogP contribution >= 0.6 is 0 Å². The fourth-order valence-electron chi connectivity index (χ4n) is 3.18. The van der Waals surface area contributed by atoms with Crippen LogP contribution in [0.1, 0.15) is 22.8 Å². The number of aromatic nitrogens is 1. The molecule has 1 amide bonds. The highest BCUT2D eigenvalue weighted by atomic mass is 16.2. The third-order valence-electron chi connectivity index (χ3n) is 4.54. The largest absolute Gasteiger partial charge is 0.323 e. The topological polar surface area (TPSA) is 46.4 Å². The molecule has 0 spiro atoms. The van der Waals surface area contributed by atoms with Crippen LogP contribution in [0.3, 0.4) is 0 Å². The summed E-state index contributed by atoms with van der Waals surface area (Å²) in [6, 6.07) is 25.6. The number of para-hydroxylation sites is 1. The Kier molecular flexibility index (Phi) is 4.54. The summed E-state index contributed by atoms with van der Waals surface area (Å²) in [4.78, 5) is 12.7. The van der Waals surface area contributed by atoms with Crippen molar-refractivity contribution >= 4 is 22.4 Å². The number of fused-ring (bicyclic) bond motifs is 1. The van der Waals surface area contributed by atoms with Crippen LogP contribution in [0.5, 0.6) is 0 Å². The van der Waals surface area contributed by atoms with Crippen molar-refractivity contribution in [2.24, 2.45) is 5.10 Å². The minimum Gasteiger partial charge on any atom is -0.323 e. The molecule has 4 heteroatoms. The second-order valence-corrected chi connectivity index (χ2v) is 6.27. The molecule has 4 rings (SSSR count). The van der Waals surface area contributed by atoms with Gasteiger partial charge in [-0.15, -0.1) is 0 Å². The van der Waals surface area contributed by atoms with Gasteiger partial charge < -0.3 is 4.57 Å². The van der Waals surface area contributed by atoms with Crippen LogP contribution in [0.25, 0.3) is 16.5 Å². The summed E-state index contributed by atoms with van der Waals surface area (Å²) in [5.74, 6) is -0.237. The van der Waals surface area contributed by atoms with E-state index in [9.17, 15) is 4.79 Å². The first kappa shape index (κ1) is 16.8. The number of rotatable bonds is 4. The predicted octanol–water partition coefficient (Wildman–Crippen LogP) is 4.78. The lowest BCUT2D eigenvalue weighted by molar-refractivity contribution is 0.0955. The van der Waals surface area contributed by atoms with Crippen LogP contribution in [0.2, 0.25) is 0 Å². The molecule has 1 heterocycles. The SMILES string of the molecule is CC(=NNC(=O)c1ccccc1-n1cccc1)c1cccc2ccccc12. The Morgan fingerprint density at radius 1 is 0.815 bits per heavy atom. The van der Waals surface area contributed by atoms with Crippen molar-refractivity contribution in [3.05, 3.63) is 102 Å². The molecule has 0 aliphatic carbocycles. The Balaban J connectivity index is 1.63. The average Bonchev–Trinajstić information content (AvgIpc) is 3.26. The van der Waals surface area contributed by atoms with Crippen molar-refractivity contribution in [1.29, 1.82) is 0 Å². The minimum absolute atomic E-state index is 0.237. The second kappa shape index (κ2) is 7.30. The fourth-order valence-corrected chi connectivity index (χ4v) is 3.18. The van der Waals surface area contributed by atoms with Crippen molar-refractivity contribution < 1.29 is 4.79 Å². The maximum Gasteiger partial charge on any atom is 0.273 e. The molecule has 0 radical (unpaired) electrons. The molecule has 0 aliphatic rings. The molecule has 1 aromatic heterocycles. The second-order valence-electron chi connectivity index (χ2n) is 6.27. The van der Waals surface area contributed by atoms with Gasteiger partial charge in [0.2, 0.25) is 0 Å². The Morgan fingerprint density at radius 2 is 1.48 bits per heavy atom. The smallest absolute Gasteiger partial charge is 0.273 e. The standard InChI is InChI=1S/C23H19N3O/c1-17(19-13-8-10-18-9-2-3-11-20(18)19)24-25-23(27)21-12-4-5-14-22(21)26-15-6-7-16-26/h2-16H,1H3,(H,25,27). The Morgan fingerprint density at radius 3 is 2.33 bits per heavy atom. The molecule has 4 aromatic rings. The highest BCUT2D eigenvalue weighted by molar-refractivity contribution is 6.10. The zero-order chi connectivity index (χ0) is 18.6. The van der Waals surface area contributed by atoms with Crippen molar-refractivity contribution in [3.63, 3.8) is 0 Å². The summed E-state index contributed by atoms with van der Waals surface area (Å²) in [5, 5.41) is 6.61. The predicted molar refractivity (Wildman–Crippen MR) is 109 cm³/mol. The summed E-state index contributed by atoms with van der Waals surface area (Å²) in [6.45, 7) is 1.90. The number of amides is 1. The fraction of sp³-hybridized carbons (Fsp3) is 0.0435. The number of benzene rings is 3. The van der Waals surface area contributed by atoms with Crippen LogP contribution < -0.4 is 5.43 Å². The number of nitrogens with zero attached hydrogens (tertiary/aromatic N) is 2. The zero-order valence-corrected chi connectivity index (χ0v) is 15.0. The summed E-state index contributed by atoms with van der Waals surface area (Å²) < 4.78 is 1.91. The van der Waals surface area contributed by atoms with Gasteiger partial charge in [0.05, 0.1) is 17.0 Å². The molecule has 0 saturated carbocycles. The number of carbonyl (C=O) groups excluding carboxylic acids is 1. The van der Waals surface area contributed by atoms with Gasteiger partial charge in [-0.1, -0.05) is 54.6 Å². The zero-order valence-electron chi connectivity index (χ0n) is 15.0. The average molecular weight is 353 g/mol. The first-order valence-electron chi connectivity index (χ1n) is 8.79. The van der Waals surface area contributed by atoms with E-state index in [2.05, 4.69) is 28.7 Å². The van der Waals surface area contributed by atoms with E-state index in [1.54, 1.807) is 6.07 Å². The van der Waals surface area contributed by atoms with E-state index < -0.39 is 0 Å². The van der Waals surface area contributed by atoms with E-state index in [0.29, 0.717) is 5.56 Å². The molecule has 0 saturated heterocycles. The molecule has 27 heavy (non-hydrogen) atoms. The van der Waals surface area contributed by atoms with E-state index in [0.717, 1.165) is 27.7 Å². The lowest BCUT2D eigenvalue weighted by Gasteiger charge is -2.10. The maximum atomic E-state index is 12.7. The molecule has 0 bridgehead atoms. The Bertz CT molecular complexity index is 1120. The minimum atomic E-state index is -0.237. The molecular weight excluding hydrogens is 334 g/mol. The van der Waals surface area contributed by atoms with Gasteiger partial charge in [0.15, 0.2) is 0 Å². The van der Waals surface area contributed by atoms with Crippen LogP contribution in [-0.2, 0) is 0 Å². The van der Waals surface area contributed by atoms with Crippen LogP contribution in [0.15, 0.2) is 96.4 Å². The van der Waals surface area contributed by atoms with Crippen molar-refractivity contribution in [2.45, 2.75) is 6.92 Å². The molecular formula is C23H19N3O. The van der Waals surface area contributed by atoms with Crippen molar-refractivity contribution in [2.75, 3.05) is 0 Å². The number of carbonyl (C=O) groups is 1. The number of nitrogens with one attached hydrogen (secondary N) is 1. The summed E-state index contributed by atoms with van der Waals surface area (Å²) >= 11 is 0. The Labute approximate surface area is 157 Å². The highest BCUT2D eigenvalue weighted by Crippen LogP contribution is 2.19. The van der Waals surface area contributed by atoms with Crippen LogP contribution in [-0.4, -0.2) is 16.2 Å². The molecule has 3 aromatic carbocycles. The van der Waals surface area contributed by atoms with Gasteiger partial charge in [0.1, 0.15) is 0 Å². The van der Waals surface area contributed by atoms with Crippen molar-refractivity contribution in [3.8, 4) is 5.69 Å².